The average molecular weight is 288 g/mol. The van der Waals surface area contributed by atoms with E-state index in [1.807, 2.05) is 38.1 Å². The topological polar surface area (TPSA) is 47.3 Å². The van der Waals surface area contributed by atoms with E-state index in [4.69, 9.17) is 10.5 Å². The zero-order chi connectivity index (χ0) is 15.2. The third-order valence-electron chi connectivity index (χ3n) is 3.21. The summed E-state index contributed by atoms with van der Waals surface area (Å²) in [5.41, 5.74) is 8.29. The molecule has 0 aliphatic heterocycles. The van der Waals surface area contributed by atoms with Gasteiger partial charge in [0.15, 0.2) is 0 Å². The summed E-state index contributed by atoms with van der Waals surface area (Å²) in [6.07, 6.45) is 0.927. The number of hydrogen-bond acceptors (Lipinski definition) is 3. The number of nitrogens with one attached hydrogen (secondary N) is 1. The van der Waals surface area contributed by atoms with Crippen molar-refractivity contribution < 1.29 is 9.13 Å². The van der Waals surface area contributed by atoms with Gasteiger partial charge in [-0.15, -0.1) is 0 Å². The van der Waals surface area contributed by atoms with Crippen molar-refractivity contribution >= 4 is 11.4 Å². The number of ether oxygens (including phenoxy) is 1. The van der Waals surface area contributed by atoms with Gasteiger partial charge < -0.3 is 15.8 Å². The number of halogens is 1. The number of nitrogens with two attached hydrogens (primary N) is 1. The Morgan fingerprint density at radius 2 is 2.05 bits per heavy atom. The van der Waals surface area contributed by atoms with Crippen LogP contribution in [0.4, 0.5) is 15.8 Å². The van der Waals surface area contributed by atoms with Crippen molar-refractivity contribution in [2.75, 3.05) is 17.7 Å². The zero-order valence-electron chi connectivity index (χ0n) is 12.4. The van der Waals surface area contributed by atoms with E-state index in [0.29, 0.717) is 18.0 Å². The maximum absolute atomic E-state index is 13.3. The summed E-state index contributed by atoms with van der Waals surface area (Å²) in [7, 11) is 0. The molecule has 0 radical (unpaired) electrons. The second-order valence-electron chi connectivity index (χ2n) is 5.02. The van der Waals surface area contributed by atoms with E-state index in [1.54, 1.807) is 6.07 Å². The Morgan fingerprint density at radius 3 is 2.76 bits per heavy atom. The molecule has 1 atom stereocenters. The van der Waals surface area contributed by atoms with Crippen molar-refractivity contribution in [3.8, 4) is 5.75 Å². The fourth-order valence-electron chi connectivity index (χ4n) is 2.07. The second kappa shape index (κ2) is 6.97. The van der Waals surface area contributed by atoms with Crippen LogP contribution in [0.5, 0.6) is 5.75 Å². The normalized spacial score (nSPS) is 12.0. The Balaban J connectivity index is 2.11. The van der Waals surface area contributed by atoms with Crippen molar-refractivity contribution in [1.29, 1.82) is 0 Å². The summed E-state index contributed by atoms with van der Waals surface area (Å²) >= 11 is 0. The van der Waals surface area contributed by atoms with Crippen molar-refractivity contribution in [2.45, 2.75) is 26.3 Å². The first kappa shape index (κ1) is 15.2. The fraction of sp³-hybridized carbons (Fsp3) is 0.294. The summed E-state index contributed by atoms with van der Waals surface area (Å²) in [6, 6.07) is 12.1. The van der Waals surface area contributed by atoms with E-state index < -0.39 is 0 Å². The minimum absolute atomic E-state index is 0.0108. The lowest BCUT2D eigenvalue weighted by Gasteiger charge is -2.17. The average Bonchev–Trinajstić information content (AvgIpc) is 2.47. The first-order valence-electron chi connectivity index (χ1n) is 7.14. The van der Waals surface area contributed by atoms with Gasteiger partial charge in [-0.1, -0.05) is 19.1 Å². The Bertz CT molecular complexity index is 601. The SMILES string of the molecule is CCCOc1cc(NC(C)c2cccc(F)c2)ccc1N. The summed E-state index contributed by atoms with van der Waals surface area (Å²) in [5, 5.41) is 3.33. The van der Waals surface area contributed by atoms with E-state index in [0.717, 1.165) is 17.7 Å². The maximum atomic E-state index is 13.3. The molecule has 2 aromatic carbocycles. The molecule has 0 fully saturated rings. The predicted molar refractivity (Wildman–Crippen MR) is 85.1 cm³/mol. The van der Waals surface area contributed by atoms with Crippen LogP contribution in [-0.4, -0.2) is 6.61 Å². The minimum atomic E-state index is -0.231. The molecule has 3 N–H and O–H groups in total. The number of anilines is 2. The van der Waals surface area contributed by atoms with Gasteiger partial charge in [0.05, 0.1) is 12.3 Å². The van der Waals surface area contributed by atoms with E-state index in [9.17, 15) is 4.39 Å². The third kappa shape index (κ3) is 4.12. The van der Waals surface area contributed by atoms with E-state index in [2.05, 4.69) is 5.32 Å². The molecule has 2 aromatic rings. The maximum Gasteiger partial charge on any atom is 0.144 e. The highest BCUT2D eigenvalue weighted by atomic mass is 19.1. The molecule has 0 aliphatic carbocycles. The summed E-state index contributed by atoms with van der Waals surface area (Å²) in [6.45, 7) is 4.66. The molecular weight excluding hydrogens is 267 g/mol. The van der Waals surface area contributed by atoms with Crippen LogP contribution in [0.25, 0.3) is 0 Å². The lowest BCUT2D eigenvalue weighted by atomic mass is 10.1. The van der Waals surface area contributed by atoms with Crippen LogP contribution in [0.2, 0.25) is 0 Å². The molecule has 0 aliphatic rings. The Kier molecular flexibility index (Phi) is 5.04. The molecule has 2 rings (SSSR count). The molecule has 0 amide bonds. The van der Waals surface area contributed by atoms with E-state index in [1.165, 1.54) is 12.1 Å². The largest absolute Gasteiger partial charge is 0.491 e. The standard InChI is InChI=1S/C17H21FN2O/c1-3-9-21-17-11-15(7-8-16(17)19)20-12(2)13-5-4-6-14(18)10-13/h4-8,10-12,20H,3,9,19H2,1-2H3. The molecule has 0 bridgehead atoms. The van der Waals surface area contributed by atoms with Gasteiger partial charge in [0.25, 0.3) is 0 Å². The summed E-state index contributed by atoms with van der Waals surface area (Å²) < 4.78 is 18.9. The molecule has 0 aromatic heterocycles. The fourth-order valence-corrected chi connectivity index (χ4v) is 2.07. The van der Waals surface area contributed by atoms with Gasteiger partial charge in [0.2, 0.25) is 0 Å². The molecule has 21 heavy (non-hydrogen) atoms. The molecule has 1 unspecified atom stereocenters. The second-order valence-corrected chi connectivity index (χ2v) is 5.02. The lowest BCUT2D eigenvalue weighted by Crippen LogP contribution is -2.07. The molecule has 112 valence electrons. The van der Waals surface area contributed by atoms with Crippen molar-refractivity contribution in [1.82, 2.24) is 0 Å². The molecular formula is C17H21FN2O. The monoisotopic (exact) mass is 288 g/mol. The first-order valence-corrected chi connectivity index (χ1v) is 7.14. The van der Waals surface area contributed by atoms with E-state index in [-0.39, 0.29) is 11.9 Å². The summed E-state index contributed by atoms with van der Waals surface area (Å²) in [4.78, 5) is 0. The van der Waals surface area contributed by atoms with Crippen LogP contribution in [-0.2, 0) is 0 Å². The smallest absolute Gasteiger partial charge is 0.144 e. The zero-order valence-corrected chi connectivity index (χ0v) is 12.4. The molecule has 4 heteroatoms. The first-order chi connectivity index (χ1) is 10.1. The van der Waals surface area contributed by atoms with E-state index >= 15 is 0 Å². The Labute approximate surface area is 124 Å². The Morgan fingerprint density at radius 1 is 1.24 bits per heavy atom. The van der Waals surface area contributed by atoms with Crippen molar-refractivity contribution in [3.05, 3.63) is 53.8 Å². The molecule has 0 saturated heterocycles. The third-order valence-corrected chi connectivity index (χ3v) is 3.21. The number of hydrogen-bond donors (Lipinski definition) is 2. The van der Waals surface area contributed by atoms with Crippen molar-refractivity contribution in [3.63, 3.8) is 0 Å². The number of nitrogen functional groups attached to an aromatic ring is 1. The van der Waals surface area contributed by atoms with Crippen LogP contribution < -0.4 is 15.8 Å². The highest BCUT2D eigenvalue weighted by Crippen LogP contribution is 2.28. The van der Waals surface area contributed by atoms with Gasteiger partial charge >= 0.3 is 0 Å². The van der Waals surface area contributed by atoms with Crippen LogP contribution in [0.3, 0.4) is 0 Å². The molecule has 0 heterocycles. The highest BCUT2D eigenvalue weighted by molar-refractivity contribution is 5.61. The lowest BCUT2D eigenvalue weighted by molar-refractivity contribution is 0.319. The van der Waals surface area contributed by atoms with Crippen LogP contribution in [0.1, 0.15) is 31.9 Å². The van der Waals surface area contributed by atoms with Crippen LogP contribution in [0.15, 0.2) is 42.5 Å². The van der Waals surface area contributed by atoms with Crippen LogP contribution >= 0.6 is 0 Å². The molecule has 3 nitrogen and oxygen atoms in total. The van der Waals surface area contributed by atoms with Gasteiger partial charge in [-0.25, -0.2) is 4.39 Å². The highest BCUT2D eigenvalue weighted by Gasteiger charge is 2.08. The predicted octanol–water partition coefficient (Wildman–Crippen LogP) is 4.37. The molecule has 0 spiro atoms. The van der Waals surface area contributed by atoms with Gasteiger partial charge in [-0.05, 0) is 43.2 Å². The quantitative estimate of drug-likeness (QED) is 0.776. The summed E-state index contributed by atoms with van der Waals surface area (Å²) in [5.74, 6) is 0.443. The van der Waals surface area contributed by atoms with Crippen molar-refractivity contribution in [2.24, 2.45) is 0 Å². The molecule has 0 saturated carbocycles. The van der Waals surface area contributed by atoms with Gasteiger partial charge in [-0.3, -0.25) is 0 Å². The minimum Gasteiger partial charge on any atom is -0.491 e. The Hall–Kier alpha value is -2.23. The number of benzene rings is 2. The number of rotatable bonds is 6. The van der Waals surface area contributed by atoms with Gasteiger partial charge in [0.1, 0.15) is 11.6 Å². The van der Waals surface area contributed by atoms with Crippen LogP contribution in [0, 0.1) is 5.82 Å². The van der Waals surface area contributed by atoms with Gasteiger partial charge in [0, 0.05) is 17.8 Å². The van der Waals surface area contributed by atoms with Gasteiger partial charge in [-0.2, -0.15) is 0 Å².